The minimum absolute atomic E-state index is 0.169. The van der Waals surface area contributed by atoms with Gasteiger partial charge < -0.3 is 29.7 Å². The number of carbonyl (C=O) groups is 3. The standard InChI is InChI=1S/C56H95N3O6/c1-5-7-9-11-13-15-17-19-21-23-25-27-29-31-33-35-37-45-54(60)63-51-41-39-43-53(65-56(62)58-48-47-57-49-50-59(3)4)44-40-42-52-64-55(61)46-38-36-34-32-30-28-26-24-22-20-18-16-14-12-10-8-6-2/h13-16,19-22,25-28,31-34,53,57H,5-12,17-18,23-24,29-30,35-52H2,1-4H3,(H,58,62)/b15-13-,16-14-,21-19-,22-20-,27-25-,28-26-,33-31-,34-32-. The molecule has 9 nitrogen and oxygen atoms in total. The lowest BCUT2D eigenvalue weighted by Crippen LogP contribution is -2.36. The molecule has 1 amide bonds. The Kier molecular flexibility index (Phi) is 47.9. The minimum atomic E-state index is -0.425. The highest BCUT2D eigenvalue weighted by Gasteiger charge is 2.15. The smallest absolute Gasteiger partial charge is 0.407 e. The fourth-order valence-electron chi connectivity index (χ4n) is 6.45. The van der Waals surface area contributed by atoms with Crippen LogP contribution in [0.2, 0.25) is 0 Å². The van der Waals surface area contributed by atoms with Gasteiger partial charge in [-0.05, 0) is 143 Å². The lowest BCUT2D eigenvalue weighted by molar-refractivity contribution is -0.144. The van der Waals surface area contributed by atoms with Gasteiger partial charge in [0, 0.05) is 39.0 Å². The Hall–Kier alpha value is -3.95. The third-order valence-corrected chi connectivity index (χ3v) is 10.4. The number of allylic oxidation sites excluding steroid dienone is 16. The van der Waals surface area contributed by atoms with Crippen molar-refractivity contribution in [1.29, 1.82) is 0 Å². The van der Waals surface area contributed by atoms with Crippen LogP contribution in [0.4, 0.5) is 4.79 Å². The van der Waals surface area contributed by atoms with Crippen LogP contribution in [-0.2, 0) is 23.8 Å². The quantitative estimate of drug-likeness (QED) is 0.0269. The van der Waals surface area contributed by atoms with Crippen LogP contribution in [0.15, 0.2) is 97.2 Å². The zero-order valence-corrected chi connectivity index (χ0v) is 41.8. The lowest BCUT2D eigenvalue weighted by Gasteiger charge is -2.18. The van der Waals surface area contributed by atoms with Crippen LogP contribution < -0.4 is 10.6 Å². The average molecular weight is 906 g/mol. The van der Waals surface area contributed by atoms with E-state index < -0.39 is 6.09 Å². The van der Waals surface area contributed by atoms with Crippen LogP contribution in [0.25, 0.3) is 0 Å². The Morgan fingerprint density at radius 2 is 0.846 bits per heavy atom. The van der Waals surface area contributed by atoms with Crippen molar-refractivity contribution in [2.75, 3.05) is 53.5 Å². The van der Waals surface area contributed by atoms with Crippen LogP contribution in [-0.4, -0.2) is 82.5 Å². The van der Waals surface area contributed by atoms with E-state index in [2.05, 4.69) is 127 Å². The second-order valence-electron chi connectivity index (χ2n) is 16.9. The molecule has 0 aromatic carbocycles. The molecular weight excluding hydrogens is 811 g/mol. The van der Waals surface area contributed by atoms with Gasteiger partial charge in [0.05, 0.1) is 13.2 Å². The minimum Gasteiger partial charge on any atom is -0.466 e. The molecular formula is C56H95N3O6. The first kappa shape index (κ1) is 61.0. The first-order valence-electron chi connectivity index (χ1n) is 25.7. The van der Waals surface area contributed by atoms with Crippen molar-refractivity contribution in [3.05, 3.63) is 97.2 Å². The molecule has 0 aliphatic rings. The molecule has 0 spiro atoms. The Balaban J connectivity index is 4.30. The van der Waals surface area contributed by atoms with Gasteiger partial charge in [0.25, 0.3) is 0 Å². The third kappa shape index (κ3) is 50.9. The zero-order valence-electron chi connectivity index (χ0n) is 41.8. The molecule has 0 atom stereocenters. The van der Waals surface area contributed by atoms with Crippen LogP contribution in [0.5, 0.6) is 0 Å². The van der Waals surface area contributed by atoms with E-state index in [1.54, 1.807) is 0 Å². The maximum absolute atomic E-state index is 12.6. The Bertz CT molecular complexity index is 1260. The van der Waals surface area contributed by atoms with Gasteiger partial charge in [-0.2, -0.15) is 0 Å². The SMILES string of the molecule is CCCCC/C=C\C/C=C\C/C=C\C/C=C\CCCC(=O)OCCCCC(CCCCOC(=O)CCC/C=C\C/C=C\C/C=C\C/C=C\CCCCC)OC(=O)NCCNCCN(C)C. The number of alkyl carbamates (subject to hydrolysis) is 1. The summed E-state index contributed by atoms with van der Waals surface area (Å²) in [5.74, 6) is -0.338. The van der Waals surface area contributed by atoms with Gasteiger partial charge in [-0.15, -0.1) is 0 Å². The Morgan fingerprint density at radius 3 is 1.23 bits per heavy atom. The number of hydrogen-bond acceptors (Lipinski definition) is 8. The van der Waals surface area contributed by atoms with Crippen molar-refractivity contribution in [2.24, 2.45) is 0 Å². The van der Waals surface area contributed by atoms with Crippen LogP contribution in [0.3, 0.4) is 0 Å². The van der Waals surface area contributed by atoms with Gasteiger partial charge in [0.2, 0.25) is 0 Å². The normalized spacial score (nSPS) is 12.5. The number of rotatable bonds is 45. The van der Waals surface area contributed by atoms with Gasteiger partial charge in [0.1, 0.15) is 6.10 Å². The number of unbranched alkanes of at least 4 members (excludes halogenated alkanes) is 10. The molecule has 0 saturated heterocycles. The number of nitrogens with zero attached hydrogens (tertiary/aromatic N) is 1. The van der Waals surface area contributed by atoms with Crippen LogP contribution >= 0.6 is 0 Å². The van der Waals surface area contributed by atoms with Crippen LogP contribution in [0.1, 0.15) is 181 Å². The summed E-state index contributed by atoms with van der Waals surface area (Å²) in [5.41, 5.74) is 0. The third-order valence-electron chi connectivity index (χ3n) is 10.4. The number of ether oxygens (including phenoxy) is 3. The lowest BCUT2D eigenvalue weighted by atomic mass is 10.1. The molecule has 0 fully saturated rings. The highest BCUT2D eigenvalue weighted by atomic mass is 16.6. The van der Waals surface area contributed by atoms with E-state index >= 15 is 0 Å². The summed E-state index contributed by atoms with van der Waals surface area (Å²) in [7, 11) is 4.05. The summed E-state index contributed by atoms with van der Waals surface area (Å²) in [6.45, 7) is 8.11. The van der Waals surface area contributed by atoms with E-state index in [0.717, 1.165) is 90.1 Å². The number of hydrogen-bond donors (Lipinski definition) is 2. The van der Waals surface area contributed by atoms with Crippen LogP contribution in [0, 0.1) is 0 Å². The van der Waals surface area contributed by atoms with Crippen molar-refractivity contribution >= 4 is 18.0 Å². The largest absolute Gasteiger partial charge is 0.466 e. The highest BCUT2D eigenvalue weighted by Crippen LogP contribution is 2.14. The molecule has 0 bridgehead atoms. The molecule has 0 unspecified atom stereocenters. The molecule has 0 aliphatic carbocycles. The highest BCUT2D eigenvalue weighted by molar-refractivity contribution is 5.69. The summed E-state index contributed by atoms with van der Waals surface area (Å²) < 4.78 is 16.8. The molecule has 0 aromatic rings. The average Bonchev–Trinajstić information content (AvgIpc) is 3.29. The van der Waals surface area contributed by atoms with Crippen molar-refractivity contribution in [3.63, 3.8) is 0 Å². The van der Waals surface area contributed by atoms with Crippen molar-refractivity contribution in [2.45, 2.75) is 187 Å². The van der Waals surface area contributed by atoms with Crippen molar-refractivity contribution in [1.82, 2.24) is 15.5 Å². The second-order valence-corrected chi connectivity index (χ2v) is 16.9. The monoisotopic (exact) mass is 906 g/mol. The Morgan fingerprint density at radius 1 is 0.462 bits per heavy atom. The topological polar surface area (TPSA) is 106 Å². The number of amides is 1. The van der Waals surface area contributed by atoms with Gasteiger partial charge in [-0.25, -0.2) is 4.79 Å². The molecule has 9 heteroatoms. The summed E-state index contributed by atoms with van der Waals surface area (Å²) in [5, 5.41) is 6.16. The summed E-state index contributed by atoms with van der Waals surface area (Å²) in [6.07, 6.45) is 58.8. The number of nitrogens with one attached hydrogen (secondary N) is 2. The summed E-state index contributed by atoms with van der Waals surface area (Å²) in [4.78, 5) is 39.3. The van der Waals surface area contributed by atoms with E-state index in [9.17, 15) is 14.4 Å². The Labute approximate surface area is 398 Å². The second kappa shape index (κ2) is 51.0. The molecule has 370 valence electrons. The van der Waals surface area contributed by atoms with Crippen molar-refractivity contribution < 1.29 is 28.6 Å². The molecule has 0 heterocycles. The van der Waals surface area contributed by atoms with E-state index in [1.807, 2.05) is 14.1 Å². The number of carbonyl (C=O) groups excluding carboxylic acids is 3. The summed E-state index contributed by atoms with van der Waals surface area (Å²) >= 11 is 0. The van der Waals surface area contributed by atoms with Gasteiger partial charge in [-0.3, -0.25) is 9.59 Å². The molecule has 0 rings (SSSR count). The van der Waals surface area contributed by atoms with E-state index in [-0.39, 0.29) is 18.0 Å². The van der Waals surface area contributed by atoms with Gasteiger partial charge >= 0.3 is 18.0 Å². The predicted octanol–water partition coefficient (Wildman–Crippen LogP) is 14.0. The van der Waals surface area contributed by atoms with Gasteiger partial charge in [-0.1, -0.05) is 137 Å². The molecule has 0 saturated carbocycles. The van der Waals surface area contributed by atoms with Gasteiger partial charge in [0.15, 0.2) is 0 Å². The fraction of sp³-hybridized carbons (Fsp3) is 0.661. The van der Waals surface area contributed by atoms with E-state index in [4.69, 9.17) is 14.2 Å². The maximum Gasteiger partial charge on any atom is 0.407 e. The number of esters is 2. The summed E-state index contributed by atoms with van der Waals surface area (Å²) in [6, 6.07) is 0. The first-order chi connectivity index (χ1) is 31.9. The maximum atomic E-state index is 12.6. The molecule has 0 aromatic heterocycles. The first-order valence-corrected chi connectivity index (χ1v) is 25.7. The predicted molar refractivity (Wildman–Crippen MR) is 276 cm³/mol. The molecule has 0 radical (unpaired) electrons. The number of likely N-dealkylation sites (N-methyl/N-ethyl adjacent to an activating group) is 1. The van der Waals surface area contributed by atoms with Crippen molar-refractivity contribution in [3.8, 4) is 0 Å². The molecule has 65 heavy (non-hydrogen) atoms. The molecule has 0 aliphatic heterocycles. The van der Waals surface area contributed by atoms with E-state index in [1.165, 1.54) is 51.4 Å². The molecule has 2 N–H and O–H groups in total. The zero-order chi connectivity index (χ0) is 47.4. The van der Waals surface area contributed by atoms with E-state index in [0.29, 0.717) is 64.8 Å². The fourth-order valence-corrected chi connectivity index (χ4v) is 6.45.